The second-order valence-electron chi connectivity index (χ2n) is 25.0. The first kappa shape index (κ1) is 73.4. The van der Waals surface area contributed by atoms with Gasteiger partial charge in [0.2, 0.25) is 23.6 Å². The average Bonchev–Trinajstić information content (AvgIpc) is 1.56. The van der Waals surface area contributed by atoms with Crippen molar-refractivity contribution in [3.8, 4) is 11.3 Å². The van der Waals surface area contributed by atoms with E-state index in [1.54, 1.807) is 29.6 Å². The predicted octanol–water partition coefficient (Wildman–Crippen LogP) is 8.85. The van der Waals surface area contributed by atoms with E-state index >= 15 is 0 Å². The number of anilines is 1. The van der Waals surface area contributed by atoms with E-state index in [1.165, 1.54) is 50.1 Å². The van der Waals surface area contributed by atoms with Crippen LogP contribution in [0, 0.1) is 5.41 Å². The van der Waals surface area contributed by atoms with E-state index in [0.29, 0.717) is 63.6 Å². The molecular weight excluding hydrogens is 1260 g/mol. The van der Waals surface area contributed by atoms with Gasteiger partial charge >= 0.3 is 11.9 Å². The minimum Gasteiger partial charge on any atom is -0.481 e. The highest BCUT2D eigenvalue weighted by Crippen LogP contribution is 2.59. The summed E-state index contributed by atoms with van der Waals surface area (Å²) < 4.78 is 23.9. The lowest BCUT2D eigenvalue weighted by Crippen LogP contribution is -2.47. The fraction of sp³-hybridized carbons (Fsp3) is 0.642. The van der Waals surface area contributed by atoms with Crippen molar-refractivity contribution < 1.29 is 72.3 Å². The molecule has 7 rings (SSSR count). The molecule has 4 aromatic heterocycles. The summed E-state index contributed by atoms with van der Waals surface area (Å²) in [5.41, 5.74) is 2.54. The number of fused-ring (bicyclic) bond motifs is 2. The summed E-state index contributed by atoms with van der Waals surface area (Å²) in [7, 11) is 0. The van der Waals surface area contributed by atoms with Gasteiger partial charge < -0.3 is 50.0 Å². The maximum absolute atomic E-state index is 14.2. The summed E-state index contributed by atoms with van der Waals surface area (Å²) in [6.45, 7) is 4.51. The molecule has 4 atom stereocenters. The first-order valence-electron chi connectivity index (χ1n) is 33.2. The minimum atomic E-state index is -1.17. The molecule has 0 radical (unpaired) electrons. The highest BCUT2D eigenvalue weighted by atomic mass is 79.9. The molecule has 5 heterocycles. The third kappa shape index (κ3) is 25.0. The number of aryl methyl sites for hydroxylation is 1. The van der Waals surface area contributed by atoms with Gasteiger partial charge in [0.05, 0.1) is 50.4 Å². The molecule has 0 spiro atoms. The molecule has 4 aromatic rings. The van der Waals surface area contributed by atoms with Gasteiger partial charge in [0.25, 0.3) is 0 Å². The van der Waals surface area contributed by atoms with Crippen LogP contribution in [-0.2, 0) is 70.3 Å². The Morgan fingerprint density at radius 1 is 0.688 bits per heavy atom. The zero-order valence-corrected chi connectivity index (χ0v) is 55.5. The Hall–Kier alpha value is -7.00. The topological polar surface area (TPSA) is 340 Å². The van der Waals surface area contributed by atoms with E-state index in [1.807, 2.05) is 12.1 Å². The summed E-state index contributed by atoms with van der Waals surface area (Å²) in [5.74, 6) is -2.35. The smallest absolute Gasteiger partial charge is 0.326 e. The maximum atomic E-state index is 14.2. The number of piperidine rings is 1. The van der Waals surface area contributed by atoms with Crippen molar-refractivity contribution in [2.75, 3.05) is 64.7 Å². The van der Waals surface area contributed by atoms with Gasteiger partial charge in [0.15, 0.2) is 11.6 Å². The van der Waals surface area contributed by atoms with Crippen molar-refractivity contribution >= 4 is 85.6 Å². The van der Waals surface area contributed by atoms with E-state index in [4.69, 9.17) is 24.1 Å². The summed E-state index contributed by atoms with van der Waals surface area (Å²) in [6, 6.07) is 3.67. The highest BCUT2D eigenvalue weighted by molar-refractivity contribution is 9.10. The van der Waals surface area contributed by atoms with Crippen molar-refractivity contribution in [3.05, 3.63) is 58.5 Å². The number of carbonyl (C=O) groups excluding carboxylic acids is 7. The highest BCUT2D eigenvalue weighted by Gasteiger charge is 2.64. The first-order valence-corrected chi connectivity index (χ1v) is 34.0. The lowest BCUT2D eigenvalue weighted by molar-refractivity contribution is -0.142. The summed E-state index contributed by atoms with van der Waals surface area (Å²) in [6.07, 6.45) is 24.8. The quantitative estimate of drug-likeness (QED) is 0.0156. The molecule has 2 aliphatic carbocycles. The molecule has 3 fully saturated rings. The van der Waals surface area contributed by atoms with E-state index < -0.39 is 24.0 Å². The van der Waals surface area contributed by atoms with Crippen LogP contribution in [0.2, 0.25) is 0 Å². The number of hydrogen-bond acceptors (Lipinski definition) is 18. The number of aromatic nitrogens is 6. The number of nitrogens with one attached hydrogen (secondary N) is 3. The SMILES string of the molecule is CC(=O)c1nn(CC(=O)N2[C@H](C(=O)Nc3nc(Br)ccc3C3CC3)C[C@@]3(C)C[C@@H]23)c2cnc(-c3cnc(CCC(=O)COCCOCCNC(=O)COCCOCCCC(=O)CC[C@H](NC(=O)CCCCCCCCCCCCCCCCC(=O)O)C(=O)O)nc3)cc12. The van der Waals surface area contributed by atoms with E-state index in [-0.39, 0.29) is 169 Å². The summed E-state index contributed by atoms with van der Waals surface area (Å²) in [5, 5.41) is 31.7. The normalized spacial score (nSPS) is 16.8. The average molecular weight is 1360 g/mol. The van der Waals surface area contributed by atoms with Gasteiger partial charge in [-0.3, -0.25) is 48.0 Å². The van der Waals surface area contributed by atoms with Crippen LogP contribution in [0.15, 0.2) is 41.4 Å². The Morgan fingerprint density at radius 2 is 1.32 bits per heavy atom. The Balaban J connectivity index is 0.664. The van der Waals surface area contributed by atoms with Crippen LogP contribution < -0.4 is 16.0 Å². The molecule has 0 bridgehead atoms. The lowest BCUT2D eigenvalue weighted by atomic mass is 10.0. The van der Waals surface area contributed by atoms with Crippen molar-refractivity contribution in [2.24, 2.45) is 5.41 Å². The molecule has 0 unspecified atom stereocenters. The van der Waals surface area contributed by atoms with Gasteiger partial charge in [-0.1, -0.05) is 90.0 Å². The molecule has 5 N–H and O–H groups in total. The zero-order valence-electron chi connectivity index (χ0n) is 53.9. The Labute approximate surface area is 551 Å². The number of likely N-dealkylation sites (tertiary alicyclic amines) is 1. The van der Waals surface area contributed by atoms with Gasteiger partial charge in [-0.15, -0.1) is 0 Å². The van der Waals surface area contributed by atoms with Crippen LogP contribution >= 0.6 is 15.9 Å². The van der Waals surface area contributed by atoms with Gasteiger partial charge in [-0.2, -0.15) is 5.10 Å². The Bertz CT molecular complexity index is 3160. The second-order valence-corrected chi connectivity index (χ2v) is 25.8. The molecule has 508 valence electrons. The number of carboxylic acid groups (broad SMARTS) is 2. The number of halogens is 1. The number of unbranched alkanes of at least 4 members (excludes halogenated alkanes) is 13. The minimum absolute atomic E-state index is 0.0177. The number of rotatable bonds is 49. The first-order chi connectivity index (χ1) is 44.9. The van der Waals surface area contributed by atoms with Gasteiger partial charge in [0.1, 0.15) is 59.6 Å². The maximum Gasteiger partial charge on any atom is 0.326 e. The standard InChI is InChI=1S/C67H93BrN10O15/c1-45(79)63-51-36-53(70-41-55(51)77(76-63)42-61(84)78-54(37-67(2)38-56(67)78)65(87)75-64-50(46-21-22-46)25-27-57(68)74-64)47-39-71-58(72-40-47)28-24-49(81)43-92-34-33-91-31-29-69-60(83)44-93-35-32-90-30-17-18-48(80)23-26-52(66(88)89)73-59(82)19-15-13-11-9-7-5-3-4-6-8-10-12-14-16-20-62(85)86/h25,27,36,39-41,46,52,54,56H,3-24,26,28-35,37-38,42-44H2,1-2H3,(H,69,83)(H,73,82)(H,85,86)(H,88,89)(H,74,75,87)/t52-,54-,56+,67-/m0/s1. The number of pyridine rings is 2. The number of ketones is 3. The number of amides is 4. The van der Waals surface area contributed by atoms with Crippen LogP contribution in [0.4, 0.5) is 5.82 Å². The van der Waals surface area contributed by atoms with Crippen LogP contribution in [-0.4, -0.2) is 175 Å². The lowest BCUT2D eigenvalue weighted by Gasteiger charge is -2.27. The largest absolute Gasteiger partial charge is 0.481 e. The molecule has 25 nitrogen and oxygen atoms in total. The fourth-order valence-electron chi connectivity index (χ4n) is 11.7. The van der Waals surface area contributed by atoms with Crippen LogP contribution in [0.3, 0.4) is 0 Å². The molecule has 0 aromatic carbocycles. The van der Waals surface area contributed by atoms with Crippen molar-refractivity contribution in [1.29, 1.82) is 0 Å². The van der Waals surface area contributed by atoms with Crippen LogP contribution in [0.5, 0.6) is 0 Å². The van der Waals surface area contributed by atoms with Crippen LogP contribution in [0.1, 0.15) is 202 Å². The second kappa shape index (κ2) is 38.4. The number of carbonyl (C=O) groups is 9. The Morgan fingerprint density at radius 3 is 1.97 bits per heavy atom. The van der Waals surface area contributed by atoms with Gasteiger partial charge in [0, 0.05) is 88.0 Å². The predicted molar refractivity (Wildman–Crippen MR) is 347 cm³/mol. The monoisotopic (exact) mass is 1360 g/mol. The number of carboxylic acids is 2. The van der Waals surface area contributed by atoms with Crippen molar-refractivity contribution in [3.63, 3.8) is 0 Å². The van der Waals surface area contributed by atoms with E-state index in [9.17, 15) is 48.3 Å². The summed E-state index contributed by atoms with van der Waals surface area (Å²) >= 11 is 3.43. The van der Waals surface area contributed by atoms with Crippen molar-refractivity contribution in [2.45, 2.75) is 211 Å². The molecule has 1 aliphatic heterocycles. The summed E-state index contributed by atoms with van der Waals surface area (Å²) in [4.78, 5) is 133. The van der Waals surface area contributed by atoms with Crippen molar-refractivity contribution in [1.82, 2.24) is 45.2 Å². The number of nitrogens with zero attached hydrogens (tertiary/aromatic N) is 7. The van der Waals surface area contributed by atoms with E-state index in [0.717, 1.165) is 69.8 Å². The zero-order chi connectivity index (χ0) is 66.5. The van der Waals surface area contributed by atoms with Crippen LogP contribution in [0.25, 0.3) is 22.2 Å². The third-order valence-electron chi connectivity index (χ3n) is 17.2. The molecule has 2 saturated carbocycles. The van der Waals surface area contributed by atoms with Gasteiger partial charge in [-0.25, -0.2) is 19.7 Å². The molecule has 1 saturated heterocycles. The molecule has 93 heavy (non-hydrogen) atoms. The number of Topliss-reactive ketones (excluding diaryl/α,β-unsaturated/α-hetero) is 3. The van der Waals surface area contributed by atoms with E-state index in [2.05, 4.69) is 63.8 Å². The fourth-order valence-corrected chi connectivity index (χ4v) is 12.0. The molecule has 3 aliphatic rings. The number of ether oxygens (including phenoxy) is 4. The molecular formula is C67H93BrN10O15. The number of aliphatic carboxylic acids is 2. The third-order valence-corrected chi connectivity index (χ3v) is 17.6. The molecule has 4 amide bonds. The molecule has 26 heteroatoms. The van der Waals surface area contributed by atoms with Gasteiger partial charge in [-0.05, 0) is 96.3 Å². The number of hydrogen-bond donors (Lipinski definition) is 5. The Kier molecular flexibility index (Phi) is 30.3.